The third-order valence-corrected chi connectivity index (χ3v) is 3.66. The monoisotopic (exact) mass is 229 g/mol. The van der Waals surface area contributed by atoms with Gasteiger partial charge >= 0.3 is 0 Å². The number of benzene rings is 1. The topological polar surface area (TPSA) is 29.0 Å². The first-order chi connectivity index (χ1) is 7.77. The molecule has 0 N–H and O–H groups in total. The number of hydrogen-bond acceptors (Lipinski definition) is 4. The van der Waals surface area contributed by atoms with Crippen LogP contribution in [0.2, 0.25) is 0 Å². The van der Waals surface area contributed by atoms with Crippen molar-refractivity contribution in [1.29, 1.82) is 0 Å². The maximum Gasteiger partial charge on any atom is 0.140 e. The van der Waals surface area contributed by atoms with Crippen molar-refractivity contribution >= 4 is 37.5 Å². The van der Waals surface area contributed by atoms with Gasteiger partial charge in [-0.2, -0.15) is 0 Å². The Morgan fingerprint density at radius 3 is 2.75 bits per heavy atom. The molecule has 2 aromatic heterocycles. The summed E-state index contributed by atoms with van der Waals surface area (Å²) in [6.45, 7) is 0. The van der Waals surface area contributed by atoms with Crippen molar-refractivity contribution < 1.29 is 0 Å². The number of aromatic nitrogens is 2. The summed E-state index contributed by atoms with van der Waals surface area (Å²) in [7, 11) is 4.02. The Morgan fingerprint density at radius 2 is 1.94 bits per heavy atom. The van der Waals surface area contributed by atoms with Gasteiger partial charge in [0.1, 0.15) is 17.0 Å². The first kappa shape index (κ1) is 9.54. The van der Waals surface area contributed by atoms with Crippen LogP contribution in [-0.4, -0.2) is 24.1 Å². The third-order valence-electron chi connectivity index (χ3n) is 2.58. The van der Waals surface area contributed by atoms with Crippen LogP contribution in [0.25, 0.3) is 20.3 Å². The summed E-state index contributed by atoms with van der Waals surface area (Å²) in [4.78, 5) is 11.8. The Morgan fingerprint density at radius 1 is 1.12 bits per heavy atom. The molecule has 0 aliphatic heterocycles. The summed E-state index contributed by atoms with van der Waals surface area (Å²) in [5.41, 5.74) is 0. The van der Waals surface area contributed by atoms with Crippen molar-refractivity contribution in [2.24, 2.45) is 0 Å². The van der Waals surface area contributed by atoms with Crippen LogP contribution in [0, 0.1) is 0 Å². The molecule has 4 heteroatoms. The van der Waals surface area contributed by atoms with Gasteiger partial charge in [0.05, 0.1) is 5.39 Å². The van der Waals surface area contributed by atoms with E-state index < -0.39 is 0 Å². The minimum atomic E-state index is 0.988. The molecule has 0 bridgehead atoms. The normalized spacial score (nSPS) is 11.1. The zero-order chi connectivity index (χ0) is 11.1. The molecule has 3 rings (SSSR count). The molecule has 0 fully saturated rings. The van der Waals surface area contributed by atoms with E-state index in [1.54, 1.807) is 17.7 Å². The Labute approximate surface area is 97.4 Å². The van der Waals surface area contributed by atoms with Crippen molar-refractivity contribution in [3.05, 3.63) is 30.6 Å². The summed E-state index contributed by atoms with van der Waals surface area (Å²) in [5.74, 6) is 0.988. The molecule has 0 aliphatic rings. The van der Waals surface area contributed by atoms with Gasteiger partial charge in [-0.25, -0.2) is 9.97 Å². The molecule has 80 valence electrons. The van der Waals surface area contributed by atoms with Gasteiger partial charge in [0.15, 0.2) is 0 Å². The van der Waals surface area contributed by atoms with E-state index in [1.165, 1.54) is 10.1 Å². The Kier molecular flexibility index (Phi) is 2.04. The number of nitrogens with zero attached hydrogens (tertiary/aromatic N) is 3. The fourth-order valence-electron chi connectivity index (χ4n) is 1.88. The molecule has 0 aliphatic carbocycles. The summed E-state index contributed by atoms with van der Waals surface area (Å²) in [6, 6.07) is 8.37. The number of anilines is 1. The van der Waals surface area contributed by atoms with Crippen LogP contribution in [0.1, 0.15) is 0 Å². The SMILES string of the molecule is CN(C)c1ncnc2sc3ccccc3c12. The zero-order valence-corrected chi connectivity index (χ0v) is 9.95. The Hall–Kier alpha value is -1.68. The largest absolute Gasteiger partial charge is 0.362 e. The van der Waals surface area contributed by atoms with E-state index in [-0.39, 0.29) is 0 Å². The zero-order valence-electron chi connectivity index (χ0n) is 9.14. The molecule has 2 heterocycles. The molecule has 16 heavy (non-hydrogen) atoms. The molecular weight excluding hydrogens is 218 g/mol. The fraction of sp³-hybridized carbons (Fsp3) is 0.167. The fourth-order valence-corrected chi connectivity index (χ4v) is 2.92. The number of hydrogen-bond donors (Lipinski definition) is 0. The standard InChI is InChI=1S/C12H11N3S/c1-15(2)11-10-8-5-3-4-6-9(8)16-12(10)14-7-13-11/h3-7H,1-2H3. The lowest BCUT2D eigenvalue weighted by atomic mass is 10.2. The maximum absolute atomic E-state index is 4.35. The van der Waals surface area contributed by atoms with Crippen molar-refractivity contribution in [3.8, 4) is 0 Å². The number of thiophene rings is 1. The first-order valence-corrected chi connectivity index (χ1v) is 5.88. The minimum absolute atomic E-state index is 0.988. The predicted molar refractivity (Wildman–Crippen MR) is 69.2 cm³/mol. The molecule has 0 saturated carbocycles. The lowest BCUT2D eigenvalue weighted by Crippen LogP contribution is -2.10. The average molecular weight is 229 g/mol. The highest BCUT2D eigenvalue weighted by Gasteiger charge is 2.11. The molecular formula is C12H11N3S. The van der Waals surface area contributed by atoms with Crippen molar-refractivity contribution in [3.63, 3.8) is 0 Å². The highest BCUT2D eigenvalue weighted by atomic mass is 32.1. The van der Waals surface area contributed by atoms with Gasteiger partial charge < -0.3 is 4.90 Å². The van der Waals surface area contributed by atoms with Gasteiger partial charge in [0.25, 0.3) is 0 Å². The van der Waals surface area contributed by atoms with Crippen LogP contribution in [0.3, 0.4) is 0 Å². The quantitative estimate of drug-likeness (QED) is 0.642. The van der Waals surface area contributed by atoms with E-state index in [0.717, 1.165) is 16.0 Å². The van der Waals surface area contributed by atoms with Crippen LogP contribution in [0.5, 0.6) is 0 Å². The second-order valence-electron chi connectivity index (χ2n) is 3.87. The van der Waals surface area contributed by atoms with Gasteiger partial charge in [-0.15, -0.1) is 11.3 Å². The van der Waals surface area contributed by atoms with Crippen molar-refractivity contribution in [2.45, 2.75) is 0 Å². The van der Waals surface area contributed by atoms with Crippen LogP contribution >= 0.6 is 11.3 Å². The van der Waals surface area contributed by atoms with E-state index in [1.807, 2.05) is 19.0 Å². The minimum Gasteiger partial charge on any atom is -0.362 e. The number of rotatable bonds is 1. The van der Waals surface area contributed by atoms with Gasteiger partial charge in [-0.1, -0.05) is 18.2 Å². The van der Waals surface area contributed by atoms with Crippen LogP contribution < -0.4 is 4.90 Å². The highest BCUT2D eigenvalue weighted by molar-refractivity contribution is 7.25. The lowest BCUT2D eigenvalue weighted by molar-refractivity contribution is 1.07. The molecule has 0 atom stereocenters. The summed E-state index contributed by atoms with van der Waals surface area (Å²) < 4.78 is 1.26. The highest BCUT2D eigenvalue weighted by Crippen LogP contribution is 2.36. The maximum atomic E-state index is 4.35. The van der Waals surface area contributed by atoms with E-state index in [9.17, 15) is 0 Å². The summed E-state index contributed by atoms with van der Waals surface area (Å²) in [6.07, 6.45) is 1.63. The summed E-state index contributed by atoms with van der Waals surface area (Å²) in [5, 5.41) is 2.40. The molecule has 0 radical (unpaired) electrons. The van der Waals surface area contributed by atoms with Gasteiger partial charge in [0, 0.05) is 24.2 Å². The van der Waals surface area contributed by atoms with Crippen LogP contribution in [0.4, 0.5) is 5.82 Å². The van der Waals surface area contributed by atoms with Crippen LogP contribution in [0.15, 0.2) is 30.6 Å². The smallest absolute Gasteiger partial charge is 0.140 e. The molecule has 1 aromatic carbocycles. The third kappa shape index (κ3) is 1.27. The second-order valence-corrected chi connectivity index (χ2v) is 4.90. The van der Waals surface area contributed by atoms with E-state index in [4.69, 9.17) is 0 Å². The van der Waals surface area contributed by atoms with Gasteiger partial charge in [0.2, 0.25) is 0 Å². The molecule has 0 unspecified atom stereocenters. The predicted octanol–water partition coefficient (Wildman–Crippen LogP) is 2.91. The van der Waals surface area contributed by atoms with Crippen LogP contribution in [-0.2, 0) is 0 Å². The molecule has 3 nitrogen and oxygen atoms in total. The molecule has 0 spiro atoms. The molecule has 3 aromatic rings. The van der Waals surface area contributed by atoms with Crippen molar-refractivity contribution in [1.82, 2.24) is 9.97 Å². The Balaban J connectivity index is 2.53. The lowest BCUT2D eigenvalue weighted by Gasteiger charge is -2.11. The Bertz CT molecular complexity index is 657. The molecule has 0 amide bonds. The summed E-state index contributed by atoms with van der Waals surface area (Å²) >= 11 is 1.72. The van der Waals surface area contributed by atoms with E-state index in [2.05, 4.69) is 34.2 Å². The van der Waals surface area contributed by atoms with Crippen molar-refractivity contribution in [2.75, 3.05) is 19.0 Å². The van der Waals surface area contributed by atoms with E-state index in [0.29, 0.717) is 0 Å². The molecule has 0 saturated heterocycles. The van der Waals surface area contributed by atoms with Gasteiger partial charge in [-0.3, -0.25) is 0 Å². The number of fused-ring (bicyclic) bond motifs is 3. The average Bonchev–Trinajstić information content (AvgIpc) is 2.66. The van der Waals surface area contributed by atoms with E-state index >= 15 is 0 Å². The first-order valence-electron chi connectivity index (χ1n) is 5.07. The van der Waals surface area contributed by atoms with Gasteiger partial charge in [-0.05, 0) is 6.07 Å². The second kappa shape index (κ2) is 3.42.